The van der Waals surface area contributed by atoms with Crippen LogP contribution in [0.4, 0.5) is 4.39 Å². The highest BCUT2D eigenvalue weighted by Gasteiger charge is 2.20. The predicted octanol–water partition coefficient (Wildman–Crippen LogP) is 2.70. The largest absolute Gasteiger partial charge is 0.496 e. The zero-order valence-electron chi connectivity index (χ0n) is 11.7. The molecular formula is C16H15FO4. The number of hydrogen-bond acceptors (Lipinski definition) is 4. The van der Waals surface area contributed by atoms with E-state index in [0.717, 1.165) is 0 Å². The first-order chi connectivity index (χ1) is 10.1. The summed E-state index contributed by atoms with van der Waals surface area (Å²) in [6, 6.07) is 10.4. The molecule has 0 saturated carbocycles. The Kier molecular flexibility index (Phi) is 4.55. The average Bonchev–Trinajstić information content (AvgIpc) is 2.53. The van der Waals surface area contributed by atoms with Crippen LogP contribution in [0.25, 0.3) is 0 Å². The SMILES string of the molecule is COC(=O)c1ccc(C(O)c2c(F)cccc2OC)cc1. The monoisotopic (exact) mass is 290 g/mol. The van der Waals surface area contributed by atoms with Crippen LogP contribution in [-0.2, 0) is 4.74 Å². The van der Waals surface area contributed by atoms with Gasteiger partial charge in [0, 0.05) is 0 Å². The fraction of sp³-hybridized carbons (Fsp3) is 0.188. The van der Waals surface area contributed by atoms with Crippen LogP contribution >= 0.6 is 0 Å². The number of rotatable bonds is 4. The predicted molar refractivity (Wildman–Crippen MR) is 74.8 cm³/mol. The van der Waals surface area contributed by atoms with Gasteiger partial charge in [0.2, 0.25) is 0 Å². The third-order valence-electron chi connectivity index (χ3n) is 3.15. The second-order valence-electron chi connectivity index (χ2n) is 4.37. The number of ether oxygens (including phenoxy) is 2. The van der Waals surface area contributed by atoms with Crippen LogP contribution in [0, 0.1) is 5.82 Å². The van der Waals surface area contributed by atoms with E-state index >= 15 is 0 Å². The molecule has 0 aliphatic rings. The number of aliphatic hydroxyl groups is 1. The lowest BCUT2D eigenvalue weighted by Crippen LogP contribution is -2.06. The Morgan fingerprint density at radius 3 is 2.38 bits per heavy atom. The number of benzene rings is 2. The Morgan fingerprint density at radius 1 is 1.14 bits per heavy atom. The second-order valence-corrected chi connectivity index (χ2v) is 4.37. The van der Waals surface area contributed by atoms with Crippen LogP contribution in [0.2, 0.25) is 0 Å². The molecule has 0 bridgehead atoms. The Balaban J connectivity index is 2.36. The molecule has 0 aliphatic carbocycles. The quantitative estimate of drug-likeness (QED) is 0.880. The molecule has 110 valence electrons. The Hall–Kier alpha value is -2.40. The van der Waals surface area contributed by atoms with Crippen LogP contribution in [0.1, 0.15) is 27.6 Å². The summed E-state index contributed by atoms with van der Waals surface area (Å²) in [5, 5.41) is 10.3. The van der Waals surface area contributed by atoms with Gasteiger partial charge < -0.3 is 14.6 Å². The van der Waals surface area contributed by atoms with Crippen LogP contribution in [0.3, 0.4) is 0 Å². The van der Waals surface area contributed by atoms with Crippen molar-refractivity contribution in [2.24, 2.45) is 0 Å². The first kappa shape index (κ1) is 15.0. The fourth-order valence-electron chi connectivity index (χ4n) is 2.05. The maximum atomic E-state index is 13.9. The molecule has 0 heterocycles. The Labute approximate surface area is 121 Å². The topological polar surface area (TPSA) is 55.8 Å². The van der Waals surface area contributed by atoms with Crippen molar-refractivity contribution < 1.29 is 23.8 Å². The molecule has 0 aromatic heterocycles. The van der Waals surface area contributed by atoms with E-state index in [2.05, 4.69) is 4.74 Å². The zero-order valence-corrected chi connectivity index (χ0v) is 11.7. The van der Waals surface area contributed by atoms with E-state index in [4.69, 9.17) is 4.74 Å². The fourth-order valence-corrected chi connectivity index (χ4v) is 2.05. The molecule has 21 heavy (non-hydrogen) atoms. The van der Waals surface area contributed by atoms with Crippen molar-refractivity contribution in [3.05, 3.63) is 65.0 Å². The van der Waals surface area contributed by atoms with Crippen LogP contribution < -0.4 is 4.74 Å². The van der Waals surface area contributed by atoms with Crippen LogP contribution in [0.15, 0.2) is 42.5 Å². The first-order valence-electron chi connectivity index (χ1n) is 6.27. The minimum atomic E-state index is -1.19. The van der Waals surface area contributed by atoms with E-state index in [9.17, 15) is 14.3 Å². The minimum absolute atomic E-state index is 0.0609. The van der Waals surface area contributed by atoms with Crippen molar-refractivity contribution in [2.75, 3.05) is 14.2 Å². The summed E-state index contributed by atoms with van der Waals surface area (Å²) >= 11 is 0. The van der Waals surface area contributed by atoms with Crippen molar-refractivity contribution in [3.63, 3.8) is 0 Å². The van der Waals surface area contributed by atoms with Gasteiger partial charge in [0.05, 0.1) is 25.3 Å². The van der Waals surface area contributed by atoms with Gasteiger partial charge in [0.15, 0.2) is 0 Å². The van der Waals surface area contributed by atoms with E-state index < -0.39 is 17.9 Å². The van der Waals surface area contributed by atoms with Crippen molar-refractivity contribution >= 4 is 5.97 Å². The summed E-state index contributed by atoms with van der Waals surface area (Å²) < 4.78 is 23.6. The van der Waals surface area contributed by atoms with Gasteiger partial charge >= 0.3 is 5.97 Å². The second kappa shape index (κ2) is 6.37. The van der Waals surface area contributed by atoms with Gasteiger partial charge in [-0.15, -0.1) is 0 Å². The number of carbonyl (C=O) groups is 1. The molecule has 0 saturated heterocycles. The highest BCUT2D eigenvalue weighted by Crippen LogP contribution is 2.32. The van der Waals surface area contributed by atoms with E-state index in [1.165, 1.54) is 38.5 Å². The van der Waals surface area contributed by atoms with E-state index in [1.807, 2.05) is 0 Å². The average molecular weight is 290 g/mol. The number of hydrogen-bond donors (Lipinski definition) is 1. The van der Waals surface area contributed by atoms with Gasteiger partial charge in [-0.1, -0.05) is 18.2 Å². The van der Waals surface area contributed by atoms with Crippen LogP contribution in [0.5, 0.6) is 5.75 Å². The van der Waals surface area contributed by atoms with Gasteiger partial charge in [-0.2, -0.15) is 0 Å². The van der Waals surface area contributed by atoms with Crippen molar-refractivity contribution in [2.45, 2.75) is 6.10 Å². The van der Waals surface area contributed by atoms with Crippen molar-refractivity contribution in [1.82, 2.24) is 0 Å². The lowest BCUT2D eigenvalue weighted by molar-refractivity contribution is 0.0600. The molecule has 2 aromatic carbocycles. The van der Waals surface area contributed by atoms with E-state index in [1.54, 1.807) is 18.2 Å². The summed E-state index contributed by atoms with van der Waals surface area (Å²) in [5.41, 5.74) is 0.866. The van der Waals surface area contributed by atoms with E-state index in [0.29, 0.717) is 11.1 Å². The molecule has 5 heteroatoms. The van der Waals surface area contributed by atoms with Crippen molar-refractivity contribution in [1.29, 1.82) is 0 Å². The number of aliphatic hydroxyl groups excluding tert-OH is 1. The Morgan fingerprint density at radius 2 is 1.81 bits per heavy atom. The molecule has 1 unspecified atom stereocenters. The standard InChI is InChI=1S/C16H15FO4/c1-20-13-5-3-4-12(17)14(13)15(18)10-6-8-11(9-7-10)16(19)21-2/h3-9,15,18H,1-2H3. The maximum Gasteiger partial charge on any atom is 0.337 e. The molecule has 0 radical (unpaired) electrons. The minimum Gasteiger partial charge on any atom is -0.496 e. The van der Waals surface area contributed by atoms with Crippen LogP contribution in [-0.4, -0.2) is 25.3 Å². The van der Waals surface area contributed by atoms with E-state index in [-0.39, 0.29) is 11.3 Å². The lowest BCUT2D eigenvalue weighted by Gasteiger charge is -2.16. The molecule has 4 nitrogen and oxygen atoms in total. The molecule has 2 rings (SSSR count). The molecule has 0 aliphatic heterocycles. The molecule has 0 fully saturated rings. The molecule has 0 amide bonds. The summed E-state index contributed by atoms with van der Waals surface area (Å²) in [5.74, 6) is -0.766. The third-order valence-corrected chi connectivity index (χ3v) is 3.15. The zero-order chi connectivity index (χ0) is 15.4. The smallest absolute Gasteiger partial charge is 0.337 e. The normalized spacial score (nSPS) is 11.8. The summed E-state index contributed by atoms with van der Waals surface area (Å²) in [4.78, 5) is 11.4. The van der Waals surface area contributed by atoms with Gasteiger partial charge in [-0.25, -0.2) is 9.18 Å². The summed E-state index contributed by atoms with van der Waals surface area (Å²) in [6.07, 6.45) is -1.19. The maximum absolute atomic E-state index is 13.9. The number of carbonyl (C=O) groups excluding carboxylic acids is 1. The summed E-state index contributed by atoms with van der Waals surface area (Å²) in [7, 11) is 2.70. The molecule has 1 atom stereocenters. The third kappa shape index (κ3) is 3.03. The molecule has 2 aromatic rings. The molecule has 0 spiro atoms. The highest BCUT2D eigenvalue weighted by atomic mass is 19.1. The molecule has 1 N–H and O–H groups in total. The highest BCUT2D eigenvalue weighted by molar-refractivity contribution is 5.89. The summed E-state index contributed by atoms with van der Waals surface area (Å²) in [6.45, 7) is 0. The van der Waals surface area contributed by atoms with Crippen molar-refractivity contribution in [3.8, 4) is 5.75 Å². The lowest BCUT2D eigenvalue weighted by atomic mass is 9.99. The van der Waals surface area contributed by atoms with Gasteiger partial charge in [-0.3, -0.25) is 0 Å². The first-order valence-corrected chi connectivity index (χ1v) is 6.27. The number of esters is 1. The Bertz CT molecular complexity index is 637. The van der Waals surface area contributed by atoms with Gasteiger partial charge in [0.1, 0.15) is 17.7 Å². The number of halogens is 1. The van der Waals surface area contributed by atoms with Gasteiger partial charge in [0.25, 0.3) is 0 Å². The molecular weight excluding hydrogens is 275 g/mol. The van der Waals surface area contributed by atoms with Gasteiger partial charge in [-0.05, 0) is 29.8 Å². The number of methoxy groups -OCH3 is 2.